The topological polar surface area (TPSA) is 89.8 Å². The van der Waals surface area contributed by atoms with Gasteiger partial charge in [0, 0.05) is 6.61 Å². The summed E-state index contributed by atoms with van der Waals surface area (Å²) in [6.07, 6.45) is 7.10. The number of ether oxygens (including phenoxy) is 1. The van der Waals surface area contributed by atoms with Crippen molar-refractivity contribution in [2.75, 3.05) is 33.2 Å². The third-order valence-electron chi connectivity index (χ3n) is 4.05. The Kier molecular flexibility index (Phi) is 11.5. The Hall–Kier alpha value is -0.690. The van der Waals surface area contributed by atoms with E-state index in [1.165, 1.54) is 32.6 Å². The minimum atomic E-state index is -1.28. The van der Waals surface area contributed by atoms with Gasteiger partial charge in [0.25, 0.3) is 0 Å². The number of hydrogen-bond donors (Lipinski definition) is 2. The second kappa shape index (κ2) is 11.9. The van der Waals surface area contributed by atoms with E-state index in [2.05, 4.69) is 6.92 Å². The Bertz CT molecular complexity index is 269. The fourth-order valence-electron chi connectivity index (χ4n) is 2.18. The number of aliphatic carboxylic acids is 1. The molecule has 0 fully saturated rings. The number of nitrogens with zero attached hydrogens (tertiary/aromatic N) is 1. The monoisotopic (exact) mass is 305 g/mol. The van der Waals surface area contributed by atoms with Crippen LogP contribution >= 0.6 is 0 Å². The zero-order valence-electron chi connectivity index (χ0n) is 13.4. The van der Waals surface area contributed by atoms with Gasteiger partial charge in [0.2, 0.25) is 0 Å². The van der Waals surface area contributed by atoms with Crippen molar-refractivity contribution in [3.8, 4) is 0 Å². The fourth-order valence-corrected chi connectivity index (χ4v) is 2.18. The van der Waals surface area contributed by atoms with E-state index in [4.69, 9.17) is 4.74 Å². The molecular weight excluding hydrogens is 274 g/mol. The molecule has 6 heteroatoms. The van der Waals surface area contributed by atoms with Gasteiger partial charge in [-0.25, -0.2) is 0 Å². The van der Waals surface area contributed by atoms with Crippen LogP contribution in [0, 0.1) is 0 Å². The molecule has 0 bridgehead atoms. The van der Waals surface area contributed by atoms with E-state index in [1.807, 2.05) is 0 Å². The lowest BCUT2D eigenvalue weighted by Gasteiger charge is -2.40. The summed E-state index contributed by atoms with van der Waals surface area (Å²) in [6, 6.07) is -0.974. The summed E-state index contributed by atoms with van der Waals surface area (Å²) < 4.78 is 5.13. The second-order valence-corrected chi connectivity index (χ2v) is 5.60. The molecule has 0 saturated heterocycles. The maximum Gasteiger partial charge on any atom is 0.182 e. The molecule has 1 atom stereocenters. The first-order valence-corrected chi connectivity index (χ1v) is 7.90. The molecule has 126 valence electrons. The molecule has 0 saturated carbocycles. The Morgan fingerprint density at radius 1 is 1.10 bits per heavy atom. The van der Waals surface area contributed by atoms with E-state index in [0.29, 0.717) is 13.2 Å². The van der Waals surface area contributed by atoms with Crippen LogP contribution in [0.3, 0.4) is 0 Å². The van der Waals surface area contributed by atoms with Crippen LogP contribution in [0.5, 0.6) is 0 Å². The third-order valence-corrected chi connectivity index (χ3v) is 4.05. The number of hydrogen-bond acceptors (Lipinski definition) is 5. The zero-order valence-corrected chi connectivity index (χ0v) is 13.4. The smallest absolute Gasteiger partial charge is 0.182 e. The molecule has 0 spiro atoms. The average molecular weight is 305 g/mol. The molecule has 0 aliphatic carbocycles. The molecule has 0 rings (SSSR count). The zero-order chi connectivity index (χ0) is 16.1. The van der Waals surface area contributed by atoms with E-state index >= 15 is 0 Å². The lowest BCUT2D eigenvalue weighted by Crippen LogP contribution is -2.62. The largest absolute Gasteiger partial charge is 0.544 e. The Labute approximate surface area is 127 Å². The van der Waals surface area contributed by atoms with Gasteiger partial charge in [-0.05, 0) is 13.3 Å². The molecule has 0 aliphatic heterocycles. The molecule has 21 heavy (non-hydrogen) atoms. The second-order valence-electron chi connectivity index (χ2n) is 5.60. The SMILES string of the molecule is CCCCCCCCOCC[N+](CO)(CO)C(C)C(=O)[O-]. The van der Waals surface area contributed by atoms with Crippen molar-refractivity contribution in [2.45, 2.75) is 58.4 Å². The summed E-state index contributed by atoms with van der Waals surface area (Å²) in [5.41, 5.74) is 0. The highest BCUT2D eigenvalue weighted by molar-refractivity contribution is 5.69. The number of carbonyl (C=O) groups is 1. The molecule has 2 N–H and O–H groups in total. The fraction of sp³-hybridized carbons (Fsp3) is 0.933. The highest BCUT2D eigenvalue weighted by atomic mass is 16.5. The molecule has 0 aromatic rings. The van der Waals surface area contributed by atoms with Crippen LogP contribution in [-0.4, -0.2) is 59.9 Å². The first-order chi connectivity index (χ1) is 10.0. The predicted octanol–water partition coefficient (Wildman–Crippen LogP) is 0.218. The maximum absolute atomic E-state index is 10.9. The highest BCUT2D eigenvalue weighted by Crippen LogP contribution is 2.11. The average Bonchev–Trinajstić information content (AvgIpc) is 2.49. The van der Waals surface area contributed by atoms with Crippen molar-refractivity contribution >= 4 is 5.97 Å². The number of rotatable bonds is 14. The van der Waals surface area contributed by atoms with Gasteiger partial charge in [-0.2, -0.15) is 0 Å². The van der Waals surface area contributed by atoms with Crippen LogP contribution < -0.4 is 5.11 Å². The first kappa shape index (κ1) is 20.3. The van der Waals surface area contributed by atoms with Gasteiger partial charge in [-0.1, -0.05) is 39.0 Å². The first-order valence-electron chi connectivity index (χ1n) is 7.90. The predicted molar refractivity (Wildman–Crippen MR) is 78.0 cm³/mol. The van der Waals surface area contributed by atoms with Crippen LogP contribution in [0.1, 0.15) is 52.4 Å². The summed E-state index contributed by atoms with van der Waals surface area (Å²) in [4.78, 5) is 10.9. The Morgan fingerprint density at radius 2 is 1.67 bits per heavy atom. The van der Waals surface area contributed by atoms with Crippen molar-refractivity contribution in [1.29, 1.82) is 0 Å². The van der Waals surface area contributed by atoms with Crippen LogP contribution in [0.25, 0.3) is 0 Å². The van der Waals surface area contributed by atoms with Crippen molar-refractivity contribution in [3.63, 3.8) is 0 Å². The molecule has 0 heterocycles. The number of aliphatic hydroxyl groups is 2. The van der Waals surface area contributed by atoms with E-state index in [0.717, 1.165) is 12.8 Å². The molecular formula is C15H31NO5. The molecule has 0 radical (unpaired) electrons. The van der Waals surface area contributed by atoms with Crippen molar-refractivity contribution in [3.05, 3.63) is 0 Å². The normalized spacial score (nSPS) is 13.3. The Morgan fingerprint density at radius 3 is 2.19 bits per heavy atom. The van der Waals surface area contributed by atoms with E-state index in [1.54, 1.807) is 0 Å². The van der Waals surface area contributed by atoms with Crippen LogP contribution in [0.2, 0.25) is 0 Å². The number of carboxylic acid groups (broad SMARTS) is 1. The number of unbranched alkanes of at least 4 members (excludes halogenated alkanes) is 5. The van der Waals surface area contributed by atoms with Crippen molar-refractivity contribution in [2.24, 2.45) is 0 Å². The molecule has 0 aromatic carbocycles. The lowest BCUT2D eigenvalue weighted by atomic mass is 10.1. The minimum absolute atomic E-state index is 0.248. The quantitative estimate of drug-likeness (QED) is 0.272. The van der Waals surface area contributed by atoms with Gasteiger partial charge in [0.1, 0.15) is 12.6 Å². The minimum Gasteiger partial charge on any atom is -0.544 e. The number of quaternary nitrogens is 1. The van der Waals surface area contributed by atoms with Gasteiger partial charge in [0.15, 0.2) is 13.5 Å². The van der Waals surface area contributed by atoms with E-state index < -0.39 is 25.5 Å². The van der Waals surface area contributed by atoms with Gasteiger partial charge < -0.3 is 24.9 Å². The summed E-state index contributed by atoms with van der Waals surface area (Å²) >= 11 is 0. The van der Waals surface area contributed by atoms with Gasteiger partial charge in [0.05, 0.1) is 12.6 Å². The van der Waals surface area contributed by atoms with Crippen LogP contribution in [0.15, 0.2) is 0 Å². The molecule has 6 nitrogen and oxygen atoms in total. The van der Waals surface area contributed by atoms with Gasteiger partial charge in [-0.15, -0.1) is 0 Å². The number of carbonyl (C=O) groups excluding carboxylic acids is 1. The molecule has 0 aliphatic rings. The maximum atomic E-state index is 10.9. The van der Waals surface area contributed by atoms with Crippen molar-refractivity contribution in [1.82, 2.24) is 0 Å². The molecule has 1 unspecified atom stereocenters. The van der Waals surface area contributed by atoms with Crippen molar-refractivity contribution < 1.29 is 29.3 Å². The third kappa shape index (κ3) is 7.76. The number of aliphatic hydroxyl groups excluding tert-OH is 2. The highest BCUT2D eigenvalue weighted by Gasteiger charge is 2.33. The molecule has 0 amide bonds. The summed E-state index contributed by atoms with van der Waals surface area (Å²) in [7, 11) is 0. The van der Waals surface area contributed by atoms with Gasteiger partial charge >= 0.3 is 0 Å². The van der Waals surface area contributed by atoms with Gasteiger partial charge in [-0.3, -0.25) is 4.48 Å². The number of carboxylic acids is 1. The van der Waals surface area contributed by atoms with E-state index in [-0.39, 0.29) is 11.0 Å². The summed E-state index contributed by atoms with van der Waals surface area (Å²) in [6.45, 7) is 3.89. The van der Waals surface area contributed by atoms with Crippen LogP contribution in [0.4, 0.5) is 0 Å². The Balaban J connectivity index is 3.87. The lowest BCUT2D eigenvalue weighted by molar-refractivity contribution is -0.975. The van der Waals surface area contributed by atoms with E-state index in [9.17, 15) is 20.1 Å². The summed E-state index contributed by atoms with van der Waals surface area (Å²) in [5.74, 6) is -1.28. The van der Waals surface area contributed by atoms with Crippen LogP contribution in [-0.2, 0) is 9.53 Å². The standard InChI is InChI=1S/C15H31NO5/c1-3-4-5-6-7-8-10-21-11-9-16(12-17,13-18)14(2)15(19)20/h14,17-18H,3-13H2,1-2H3. The summed E-state index contributed by atoms with van der Waals surface area (Å²) in [5, 5.41) is 29.7. The molecule has 0 aromatic heterocycles.